The Bertz CT molecular complexity index is 430. The van der Waals surface area contributed by atoms with Gasteiger partial charge in [0, 0.05) is 0 Å². The van der Waals surface area contributed by atoms with E-state index in [2.05, 4.69) is 10.5 Å². The number of amides is 1. The van der Waals surface area contributed by atoms with Crippen LogP contribution in [0.5, 0.6) is 5.75 Å². The maximum absolute atomic E-state index is 10.6. The first-order chi connectivity index (χ1) is 7.13. The van der Waals surface area contributed by atoms with Crippen molar-refractivity contribution in [2.75, 3.05) is 5.43 Å². The summed E-state index contributed by atoms with van der Waals surface area (Å²) in [7, 11) is 0. The summed E-state index contributed by atoms with van der Waals surface area (Å²) < 4.78 is 0. The molecule has 0 bridgehead atoms. The van der Waals surface area contributed by atoms with Gasteiger partial charge in [0.15, 0.2) is 0 Å². The molecule has 0 aliphatic carbocycles. The summed E-state index contributed by atoms with van der Waals surface area (Å²) in [5.74, 6) is -0.788. The molecular weight excluding hydrogens is 196 g/mol. The smallest absolute Gasteiger partial charge is 0.280 e. The zero-order valence-corrected chi connectivity index (χ0v) is 7.64. The van der Waals surface area contributed by atoms with Crippen LogP contribution in [0, 0.1) is 11.3 Å². The highest BCUT2D eigenvalue weighted by Crippen LogP contribution is 2.13. The number of nitrogens with zero attached hydrogens (tertiary/aromatic N) is 2. The average Bonchev–Trinajstić information content (AvgIpc) is 2.21. The van der Waals surface area contributed by atoms with Crippen molar-refractivity contribution >= 4 is 17.3 Å². The number of anilines is 1. The van der Waals surface area contributed by atoms with Crippen molar-refractivity contribution in [3.63, 3.8) is 0 Å². The van der Waals surface area contributed by atoms with E-state index in [1.54, 1.807) is 6.07 Å². The normalized spacial score (nSPS) is 10.5. The first-order valence-electron chi connectivity index (χ1n) is 3.96. The minimum absolute atomic E-state index is 0.111. The summed E-state index contributed by atoms with van der Waals surface area (Å²) in [4.78, 5) is 10.6. The lowest BCUT2D eigenvalue weighted by Crippen LogP contribution is -2.22. The molecule has 4 N–H and O–H groups in total. The number of aromatic hydroxyl groups is 1. The standard InChI is InChI=1S/C9H8N4O2/c10-5-8(9(11)15)13-12-6-1-3-7(14)4-2-6/h1-4,12,14H,(H2,11,15). The number of phenolic OH excluding ortho intramolecular Hbond substituents is 1. The molecular formula is C9H8N4O2. The number of hydrazone groups is 1. The maximum atomic E-state index is 10.6. The average molecular weight is 204 g/mol. The number of hydrogen-bond donors (Lipinski definition) is 3. The Hall–Kier alpha value is -2.55. The maximum Gasteiger partial charge on any atom is 0.280 e. The number of primary amides is 1. The summed E-state index contributed by atoms with van der Waals surface area (Å²) in [6.45, 7) is 0. The molecule has 1 aromatic carbocycles. The first-order valence-corrected chi connectivity index (χ1v) is 3.96. The number of phenols is 1. The second-order valence-corrected chi connectivity index (χ2v) is 2.60. The van der Waals surface area contributed by atoms with Crippen LogP contribution in [0.2, 0.25) is 0 Å². The molecule has 0 aliphatic heterocycles. The molecule has 6 heteroatoms. The van der Waals surface area contributed by atoms with E-state index in [1.165, 1.54) is 24.3 Å². The molecule has 1 aromatic rings. The highest BCUT2D eigenvalue weighted by atomic mass is 16.3. The van der Waals surface area contributed by atoms with Crippen LogP contribution in [-0.4, -0.2) is 16.7 Å². The van der Waals surface area contributed by atoms with Crippen molar-refractivity contribution in [2.24, 2.45) is 10.8 Å². The van der Waals surface area contributed by atoms with Gasteiger partial charge in [0.05, 0.1) is 5.69 Å². The number of carbonyl (C=O) groups excluding carboxylic acids is 1. The van der Waals surface area contributed by atoms with Crippen LogP contribution in [0.25, 0.3) is 0 Å². The van der Waals surface area contributed by atoms with Crippen LogP contribution in [-0.2, 0) is 4.79 Å². The third kappa shape index (κ3) is 3.00. The number of benzene rings is 1. The van der Waals surface area contributed by atoms with Gasteiger partial charge in [-0.3, -0.25) is 10.2 Å². The summed E-state index contributed by atoms with van der Waals surface area (Å²) in [5.41, 5.74) is 7.44. The third-order valence-electron chi connectivity index (χ3n) is 1.50. The van der Waals surface area contributed by atoms with Crippen LogP contribution in [0.4, 0.5) is 5.69 Å². The number of rotatable bonds is 3. The van der Waals surface area contributed by atoms with E-state index in [4.69, 9.17) is 16.1 Å². The fraction of sp³-hybridized carbons (Fsp3) is 0. The number of nitrogens with two attached hydrogens (primary N) is 1. The minimum atomic E-state index is -0.899. The number of nitrogens with one attached hydrogen (secondary N) is 1. The SMILES string of the molecule is N#CC(=NNc1ccc(O)cc1)C(N)=O. The molecule has 0 fully saturated rings. The number of nitriles is 1. The van der Waals surface area contributed by atoms with E-state index in [0.717, 1.165) is 0 Å². The van der Waals surface area contributed by atoms with Gasteiger partial charge in [-0.15, -0.1) is 0 Å². The van der Waals surface area contributed by atoms with Crippen molar-refractivity contribution in [1.82, 2.24) is 0 Å². The summed E-state index contributed by atoms with van der Waals surface area (Å²) >= 11 is 0. The topological polar surface area (TPSA) is 112 Å². The van der Waals surface area contributed by atoms with Gasteiger partial charge in [-0.2, -0.15) is 10.4 Å². The van der Waals surface area contributed by atoms with Crippen molar-refractivity contribution in [2.45, 2.75) is 0 Å². The fourth-order valence-electron chi connectivity index (χ4n) is 0.792. The van der Waals surface area contributed by atoms with Crippen LogP contribution in [0.1, 0.15) is 0 Å². The fourth-order valence-corrected chi connectivity index (χ4v) is 0.792. The molecule has 76 valence electrons. The van der Waals surface area contributed by atoms with E-state index in [9.17, 15) is 4.79 Å². The molecule has 6 nitrogen and oxygen atoms in total. The number of carbonyl (C=O) groups is 1. The Labute approximate surface area is 85.6 Å². The highest BCUT2D eigenvalue weighted by Gasteiger charge is 2.04. The summed E-state index contributed by atoms with van der Waals surface area (Å²) in [5, 5.41) is 20.9. The molecule has 1 amide bonds. The quantitative estimate of drug-likeness (QED) is 0.370. The lowest BCUT2D eigenvalue weighted by molar-refractivity contribution is -0.111. The predicted molar refractivity (Wildman–Crippen MR) is 54.0 cm³/mol. The van der Waals surface area contributed by atoms with E-state index in [1.807, 2.05) is 0 Å². The van der Waals surface area contributed by atoms with Gasteiger partial charge in [-0.25, -0.2) is 0 Å². The Morgan fingerprint density at radius 2 is 2.07 bits per heavy atom. The number of hydrogen-bond acceptors (Lipinski definition) is 5. The van der Waals surface area contributed by atoms with E-state index < -0.39 is 11.6 Å². The van der Waals surface area contributed by atoms with Crippen LogP contribution >= 0.6 is 0 Å². The highest BCUT2D eigenvalue weighted by molar-refractivity contribution is 6.44. The zero-order valence-electron chi connectivity index (χ0n) is 7.64. The van der Waals surface area contributed by atoms with Gasteiger partial charge in [-0.1, -0.05) is 0 Å². The van der Waals surface area contributed by atoms with E-state index >= 15 is 0 Å². The molecule has 0 atom stereocenters. The lowest BCUT2D eigenvalue weighted by Gasteiger charge is -1.99. The second kappa shape index (κ2) is 4.62. The molecule has 15 heavy (non-hydrogen) atoms. The lowest BCUT2D eigenvalue weighted by atomic mass is 10.3. The Kier molecular flexibility index (Phi) is 3.24. The Morgan fingerprint density at radius 1 is 1.47 bits per heavy atom. The molecule has 0 spiro atoms. The molecule has 0 saturated carbocycles. The molecule has 0 unspecified atom stereocenters. The van der Waals surface area contributed by atoms with Gasteiger partial charge in [0.1, 0.15) is 11.8 Å². The first kappa shape index (κ1) is 10.5. The Balaban J connectivity index is 2.76. The van der Waals surface area contributed by atoms with Gasteiger partial charge < -0.3 is 10.8 Å². The van der Waals surface area contributed by atoms with Crippen LogP contribution in [0.3, 0.4) is 0 Å². The van der Waals surface area contributed by atoms with E-state index in [0.29, 0.717) is 5.69 Å². The monoisotopic (exact) mass is 204 g/mol. The molecule has 0 aromatic heterocycles. The van der Waals surface area contributed by atoms with Crippen molar-refractivity contribution in [3.8, 4) is 11.8 Å². The second-order valence-electron chi connectivity index (χ2n) is 2.60. The van der Waals surface area contributed by atoms with Crippen molar-refractivity contribution in [3.05, 3.63) is 24.3 Å². The third-order valence-corrected chi connectivity index (χ3v) is 1.50. The summed E-state index contributed by atoms with van der Waals surface area (Å²) in [6, 6.07) is 7.50. The van der Waals surface area contributed by atoms with Crippen molar-refractivity contribution in [1.29, 1.82) is 5.26 Å². The zero-order chi connectivity index (χ0) is 11.3. The van der Waals surface area contributed by atoms with Crippen LogP contribution < -0.4 is 11.2 Å². The van der Waals surface area contributed by atoms with Gasteiger partial charge in [0.25, 0.3) is 5.91 Å². The van der Waals surface area contributed by atoms with Crippen LogP contribution in [0.15, 0.2) is 29.4 Å². The van der Waals surface area contributed by atoms with Gasteiger partial charge in [-0.05, 0) is 24.3 Å². The predicted octanol–water partition coefficient (Wildman–Crippen LogP) is 0.169. The van der Waals surface area contributed by atoms with Gasteiger partial charge in [0.2, 0.25) is 5.71 Å². The molecule has 0 radical (unpaired) electrons. The summed E-state index contributed by atoms with van der Waals surface area (Å²) in [6.07, 6.45) is 0. The molecule has 0 aliphatic rings. The van der Waals surface area contributed by atoms with Crippen molar-refractivity contribution < 1.29 is 9.90 Å². The molecule has 0 saturated heterocycles. The van der Waals surface area contributed by atoms with E-state index in [-0.39, 0.29) is 5.75 Å². The van der Waals surface area contributed by atoms with Gasteiger partial charge >= 0.3 is 0 Å². The molecule has 1 rings (SSSR count). The largest absolute Gasteiger partial charge is 0.508 e. The minimum Gasteiger partial charge on any atom is -0.508 e. The molecule has 0 heterocycles. The Morgan fingerprint density at radius 3 is 2.53 bits per heavy atom.